The molecule has 0 saturated carbocycles. The smallest absolute Gasteiger partial charge is 0.270 e. The van der Waals surface area contributed by atoms with Gasteiger partial charge in [0.15, 0.2) is 5.82 Å². The second kappa shape index (κ2) is 9.86. The molecule has 1 unspecified atom stereocenters. The molecule has 1 aliphatic rings. The minimum Gasteiger partial charge on any atom is -0.366 e. The standard InChI is InChI=1S/C28H27N7O2S/c1-17-14-21-20(25(29)36)8-5-9-22(21)34(17)28-32-26(30-15-18-6-3-2-4-7-18)23-10-11-24(35(23)33-28)27(37)31-19-12-13-38-16-19/h2-11,14,19H,12-13,15-16H2,1H3,(H2,29,36)(H,31,37)(H,30,32,33). The fourth-order valence-corrected chi connectivity index (χ4v) is 6.07. The molecule has 0 spiro atoms. The molecule has 0 radical (unpaired) electrons. The Bertz CT molecular complexity index is 1670. The molecule has 4 N–H and O–H groups in total. The third-order valence-corrected chi connectivity index (χ3v) is 7.96. The van der Waals surface area contributed by atoms with Crippen LogP contribution in [0.25, 0.3) is 22.4 Å². The topological polar surface area (TPSA) is 119 Å². The van der Waals surface area contributed by atoms with E-state index in [-0.39, 0.29) is 11.9 Å². The summed E-state index contributed by atoms with van der Waals surface area (Å²) < 4.78 is 3.53. The number of hydrogen-bond donors (Lipinski definition) is 3. The highest BCUT2D eigenvalue weighted by Crippen LogP contribution is 2.27. The number of benzene rings is 2. The van der Waals surface area contributed by atoms with Crippen molar-refractivity contribution < 1.29 is 9.59 Å². The molecule has 1 aliphatic heterocycles. The molecular weight excluding hydrogens is 498 g/mol. The fraction of sp³-hybridized carbons (Fsp3) is 0.214. The number of fused-ring (bicyclic) bond motifs is 2. The van der Waals surface area contributed by atoms with Gasteiger partial charge in [-0.3, -0.25) is 14.2 Å². The van der Waals surface area contributed by atoms with Gasteiger partial charge >= 0.3 is 0 Å². The third-order valence-electron chi connectivity index (χ3n) is 6.80. The van der Waals surface area contributed by atoms with Gasteiger partial charge in [0, 0.05) is 35.0 Å². The number of aromatic nitrogens is 4. The maximum absolute atomic E-state index is 13.3. The molecule has 2 amide bonds. The summed E-state index contributed by atoms with van der Waals surface area (Å²) in [6.45, 7) is 2.48. The van der Waals surface area contributed by atoms with Gasteiger partial charge < -0.3 is 16.4 Å². The van der Waals surface area contributed by atoms with Gasteiger partial charge in [-0.05, 0) is 55.0 Å². The molecule has 0 aliphatic carbocycles. The number of primary amides is 1. The number of anilines is 1. The van der Waals surface area contributed by atoms with Crippen molar-refractivity contribution >= 4 is 45.8 Å². The Kier molecular flexibility index (Phi) is 6.24. The average molecular weight is 526 g/mol. The van der Waals surface area contributed by atoms with E-state index in [1.165, 1.54) is 0 Å². The van der Waals surface area contributed by atoms with Crippen molar-refractivity contribution in [2.45, 2.75) is 25.9 Å². The Hall–Kier alpha value is -4.31. The number of rotatable bonds is 7. The SMILES string of the molecule is Cc1cc2c(C(N)=O)cccc2n1-c1nc(NCc2ccccc2)c2ccc(C(=O)NC3CCSC3)n2n1. The van der Waals surface area contributed by atoms with Gasteiger partial charge in [0.25, 0.3) is 11.9 Å². The summed E-state index contributed by atoms with van der Waals surface area (Å²) in [4.78, 5) is 30.2. The number of hydrogen-bond acceptors (Lipinski definition) is 6. The summed E-state index contributed by atoms with van der Waals surface area (Å²) in [6.07, 6.45) is 0.959. The highest BCUT2D eigenvalue weighted by molar-refractivity contribution is 7.99. The third kappa shape index (κ3) is 4.37. The van der Waals surface area contributed by atoms with Crippen molar-refractivity contribution in [2.24, 2.45) is 5.73 Å². The predicted molar refractivity (Wildman–Crippen MR) is 150 cm³/mol. The van der Waals surface area contributed by atoms with E-state index in [1.807, 2.05) is 71.8 Å². The molecule has 0 bridgehead atoms. The van der Waals surface area contributed by atoms with Crippen LogP contribution in [0.2, 0.25) is 0 Å². The molecule has 38 heavy (non-hydrogen) atoms. The van der Waals surface area contributed by atoms with Gasteiger partial charge in [0.1, 0.15) is 11.2 Å². The normalized spacial score (nSPS) is 15.2. The number of aryl methyl sites for hydroxylation is 1. The van der Waals surface area contributed by atoms with E-state index >= 15 is 0 Å². The number of nitrogens with two attached hydrogens (primary N) is 1. The summed E-state index contributed by atoms with van der Waals surface area (Å²) in [7, 11) is 0. The van der Waals surface area contributed by atoms with E-state index in [0.717, 1.165) is 40.1 Å². The van der Waals surface area contributed by atoms with Crippen LogP contribution < -0.4 is 16.4 Å². The van der Waals surface area contributed by atoms with Gasteiger partial charge in [-0.25, -0.2) is 4.52 Å². The highest BCUT2D eigenvalue weighted by atomic mass is 32.2. The van der Waals surface area contributed by atoms with Crippen LogP contribution >= 0.6 is 11.8 Å². The quantitative estimate of drug-likeness (QED) is 0.296. The molecule has 2 aromatic carbocycles. The minimum absolute atomic E-state index is 0.151. The molecule has 1 fully saturated rings. The lowest BCUT2D eigenvalue weighted by Crippen LogP contribution is -2.35. The number of nitrogens with zero attached hydrogens (tertiary/aromatic N) is 4. The summed E-state index contributed by atoms with van der Waals surface area (Å²) in [5.74, 6) is 2.28. The average Bonchev–Trinajstić information content (AvgIpc) is 3.65. The molecule has 1 atom stereocenters. The minimum atomic E-state index is -0.496. The molecular formula is C28H27N7O2S. The number of amides is 2. The monoisotopic (exact) mass is 525 g/mol. The van der Waals surface area contributed by atoms with Gasteiger partial charge in [-0.2, -0.15) is 16.7 Å². The van der Waals surface area contributed by atoms with E-state index in [4.69, 9.17) is 15.8 Å². The number of carbonyl (C=O) groups is 2. The largest absolute Gasteiger partial charge is 0.366 e. The van der Waals surface area contributed by atoms with Crippen molar-refractivity contribution in [1.82, 2.24) is 24.5 Å². The molecule has 3 aromatic heterocycles. The van der Waals surface area contributed by atoms with Gasteiger partial charge in [0.05, 0.1) is 5.52 Å². The first-order valence-corrected chi connectivity index (χ1v) is 13.6. The van der Waals surface area contributed by atoms with Crippen LogP contribution in [0, 0.1) is 6.92 Å². The van der Waals surface area contributed by atoms with Crippen molar-refractivity contribution in [1.29, 1.82) is 0 Å². The fourth-order valence-electron chi connectivity index (χ4n) is 4.91. The van der Waals surface area contributed by atoms with Crippen molar-refractivity contribution in [2.75, 3.05) is 16.8 Å². The van der Waals surface area contributed by atoms with Crippen LogP contribution in [-0.2, 0) is 6.54 Å². The highest BCUT2D eigenvalue weighted by Gasteiger charge is 2.23. The van der Waals surface area contributed by atoms with E-state index in [0.29, 0.717) is 35.1 Å². The van der Waals surface area contributed by atoms with Crippen LogP contribution in [0.15, 0.2) is 66.7 Å². The first-order valence-electron chi connectivity index (χ1n) is 12.5. The van der Waals surface area contributed by atoms with E-state index in [9.17, 15) is 9.59 Å². The van der Waals surface area contributed by atoms with E-state index in [1.54, 1.807) is 22.7 Å². The Balaban J connectivity index is 1.49. The van der Waals surface area contributed by atoms with Crippen molar-refractivity contribution in [3.8, 4) is 5.95 Å². The van der Waals surface area contributed by atoms with Crippen LogP contribution in [0.3, 0.4) is 0 Å². The Morgan fingerprint density at radius 3 is 2.68 bits per heavy atom. The Morgan fingerprint density at radius 2 is 1.92 bits per heavy atom. The van der Waals surface area contributed by atoms with Crippen LogP contribution in [0.1, 0.15) is 38.5 Å². The van der Waals surface area contributed by atoms with E-state index in [2.05, 4.69) is 10.6 Å². The Labute approximate surface area is 223 Å². The second-order valence-electron chi connectivity index (χ2n) is 9.37. The summed E-state index contributed by atoms with van der Waals surface area (Å²) in [5.41, 5.74) is 9.90. The number of carbonyl (C=O) groups excluding carboxylic acids is 2. The Morgan fingerprint density at radius 1 is 1.08 bits per heavy atom. The number of nitrogens with one attached hydrogen (secondary N) is 2. The number of thioether (sulfide) groups is 1. The van der Waals surface area contributed by atoms with Gasteiger partial charge in [-0.15, -0.1) is 5.10 Å². The first kappa shape index (κ1) is 24.1. The lowest BCUT2D eigenvalue weighted by atomic mass is 10.1. The second-order valence-corrected chi connectivity index (χ2v) is 10.5. The molecule has 10 heteroatoms. The summed E-state index contributed by atoms with van der Waals surface area (Å²) in [5, 5.41) is 12.1. The van der Waals surface area contributed by atoms with Gasteiger partial charge in [0.2, 0.25) is 5.91 Å². The van der Waals surface area contributed by atoms with Crippen LogP contribution in [0.5, 0.6) is 0 Å². The lowest BCUT2D eigenvalue weighted by Gasteiger charge is -2.14. The zero-order valence-corrected chi connectivity index (χ0v) is 21.7. The maximum Gasteiger partial charge on any atom is 0.270 e. The molecule has 9 nitrogen and oxygen atoms in total. The summed E-state index contributed by atoms with van der Waals surface area (Å²) >= 11 is 1.85. The zero-order chi connectivity index (χ0) is 26.2. The summed E-state index contributed by atoms with van der Waals surface area (Å²) in [6, 6.07) is 21.1. The maximum atomic E-state index is 13.3. The molecule has 5 aromatic rings. The zero-order valence-electron chi connectivity index (χ0n) is 20.8. The van der Waals surface area contributed by atoms with Crippen molar-refractivity contribution in [3.63, 3.8) is 0 Å². The predicted octanol–water partition coefficient (Wildman–Crippen LogP) is 3.93. The first-order chi connectivity index (χ1) is 18.5. The van der Waals surface area contributed by atoms with E-state index < -0.39 is 5.91 Å². The molecule has 6 rings (SSSR count). The van der Waals surface area contributed by atoms with Crippen LogP contribution in [-0.4, -0.2) is 48.5 Å². The van der Waals surface area contributed by atoms with Gasteiger partial charge in [-0.1, -0.05) is 36.4 Å². The molecule has 4 heterocycles. The lowest BCUT2D eigenvalue weighted by molar-refractivity contribution is 0.0933. The van der Waals surface area contributed by atoms with Crippen LogP contribution in [0.4, 0.5) is 5.82 Å². The molecule has 192 valence electrons. The van der Waals surface area contributed by atoms with Crippen molar-refractivity contribution in [3.05, 3.63) is 89.2 Å². The molecule has 1 saturated heterocycles.